The van der Waals surface area contributed by atoms with Gasteiger partial charge in [-0.3, -0.25) is 9.59 Å². The van der Waals surface area contributed by atoms with Gasteiger partial charge in [-0.1, -0.05) is 43.5 Å². The summed E-state index contributed by atoms with van der Waals surface area (Å²) in [5.41, 5.74) is 0.885. The molecule has 0 saturated heterocycles. The number of benzene rings is 1. The molecular formula is C22H23NO4S. The Morgan fingerprint density at radius 2 is 1.89 bits per heavy atom. The highest BCUT2D eigenvalue weighted by Crippen LogP contribution is 2.45. The number of aliphatic hydroxyl groups is 1. The van der Waals surface area contributed by atoms with Crippen molar-refractivity contribution in [2.24, 2.45) is 0 Å². The highest BCUT2D eigenvalue weighted by molar-refractivity contribution is 7.12. The van der Waals surface area contributed by atoms with Crippen LogP contribution in [0.5, 0.6) is 5.75 Å². The molecule has 1 aromatic heterocycles. The minimum absolute atomic E-state index is 0.00643. The lowest BCUT2D eigenvalue weighted by molar-refractivity contribution is -0.132. The Bertz CT molecular complexity index is 912. The largest absolute Gasteiger partial charge is 0.503 e. The van der Waals surface area contributed by atoms with Crippen molar-refractivity contribution in [3.05, 3.63) is 63.6 Å². The van der Waals surface area contributed by atoms with Crippen molar-refractivity contribution >= 4 is 23.0 Å². The molecule has 0 bridgehead atoms. The van der Waals surface area contributed by atoms with E-state index in [4.69, 9.17) is 4.74 Å². The summed E-state index contributed by atoms with van der Waals surface area (Å²) in [6.07, 6.45) is 5.00. The maximum atomic E-state index is 13.2. The number of ketones is 1. The van der Waals surface area contributed by atoms with Gasteiger partial charge in [-0.25, -0.2) is 0 Å². The number of aliphatic hydroxyl groups excluding tert-OH is 1. The molecule has 1 N–H and O–H groups in total. The van der Waals surface area contributed by atoms with Crippen molar-refractivity contribution in [1.29, 1.82) is 0 Å². The van der Waals surface area contributed by atoms with Crippen molar-refractivity contribution in [3.8, 4) is 5.75 Å². The average Bonchev–Trinajstić information content (AvgIpc) is 3.36. The molecule has 5 nitrogen and oxygen atoms in total. The van der Waals surface area contributed by atoms with E-state index in [0.29, 0.717) is 10.6 Å². The van der Waals surface area contributed by atoms with Crippen LogP contribution >= 0.6 is 11.3 Å². The number of carbonyl (C=O) groups excluding carboxylic acids is 2. The monoisotopic (exact) mass is 397 g/mol. The third-order valence-corrected chi connectivity index (χ3v) is 6.50. The normalized spacial score (nSPS) is 20.7. The smallest absolute Gasteiger partial charge is 0.290 e. The van der Waals surface area contributed by atoms with E-state index in [2.05, 4.69) is 0 Å². The SMILES string of the molecule is COc1ccccc1C1C(C(=O)c2cccs2)=C(O)C(=O)N1C1CCCCC1. The fraction of sp³-hybridized carbons (Fsp3) is 0.364. The van der Waals surface area contributed by atoms with E-state index in [1.54, 1.807) is 24.1 Å². The van der Waals surface area contributed by atoms with E-state index in [-0.39, 0.29) is 17.4 Å². The maximum Gasteiger partial charge on any atom is 0.290 e. The molecule has 2 aromatic rings. The van der Waals surface area contributed by atoms with Gasteiger partial charge in [0.05, 0.1) is 23.6 Å². The van der Waals surface area contributed by atoms with Crippen molar-refractivity contribution < 1.29 is 19.4 Å². The first kappa shape index (κ1) is 18.7. The minimum Gasteiger partial charge on any atom is -0.503 e. The number of nitrogens with zero attached hydrogens (tertiary/aromatic N) is 1. The predicted molar refractivity (Wildman–Crippen MR) is 108 cm³/mol. The van der Waals surface area contributed by atoms with Crippen LogP contribution in [0.4, 0.5) is 0 Å². The van der Waals surface area contributed by atoms with Gasteiger partial charge in [0, 0.05) is 11.6 Å². The van der Waals surface area contributed by atoms with Gasteiger partial charge in [-0.15, -0.1) is 11.3 Å². The lowest BCUT2D eigenvalue weighted by atomic mass is 9.90. The third-order valence-electron chi connectivity index (χ3n) is 5.64. The summed E-state index contributed by atoms with van der Waals surface area (Å²) in [4.78, 5) is 28.6. The first-order valence-corrected chi connectivity index (χ1v) is 10.5. The first-order chi connectivity index (χ1) is 13.6. The zero-order valence-corrected chi connectivity index (χ0v) is 16.6. The van der Waals surface area contributed by atoms with E-state index >= 15 is 0 Å². The molecular weight excluding hydrogens is 374 g/mol. The number of hydrogen-bond donors (Lipinski definition) is 1. The average molecular weight is 397 g/mol. The lowest BCUT2D eigenvalue weighted by Gasteiger charge is -2.36. The Morgan fingerprint density at radius 1 is 1.14 bits per heavy atom. The molecule has 1 aliphatic carbocycles. The fourth-order valence-corrected chi connectivity index (χ4v) is 5.01. The molecule has 1 aromatic carbocycles. The number of Topliss-reactive ketones (excluding diaryl/α,β-unsaturated/α-hetero) is 1. The van der Waals surface area contributed by atoms with E-state index in [1.165, 1.54) is 11.3 Å². The third kappa shape index (κ3) is 3.11. The van der Waals surface area contributed by atoms with Gasteiger partial charge in [-0.2, -0.15) is 0 Å². The van der Waals surface area contributed by atoms with Gasteiger partial charge in [0.1, 0.15) is 5.75 Å². The molecule has 4 rings (SSSR count). The van der Waals surface area contributed by atoms with Gasteiger partial charge in [0.25, 0.3) is 5.91 Å². The molecule has 0 spiro atoms. The maximum absolute atomic E-state index is 13.2. The van der Waals surface area contributed by atoms with Crippen LogP contribution in [-0.2, 0) is 4.79 Å². The number of para-hydroxylation sites is 1. The highest BCUT2D eigenvalue weighted by atomic mass is 32.1. The summed E-state index contributed by atoms with van der Waals surface area (Å²) < 4.78 is 5.53. The van der Waals surface area contributed by atoms with E-state index in [0.717, 1.165) is 37.7 Å². The summed E-state index contributed by atoms with van der Waals surface area (Å²) in [6.45, 7) is 0. The molecule has 1 amide bonds. The second-order valence-corrected chi connectivity index (χ2v) is 8.17. The molecule has 1 aliphatic heterocycles. The van der Waals surface area contributed by atoms with Gasteiger partial charge >= 0.3 is 0 Å². The summed E-state index contributed by atoms with van der Waals surface area (Å²) in [7, 11) is 1.57. The number of ether oxygens (including phenoxy) is 1. The second-order valence-electron chi connectivity index (χ2n) is 7.22. The first-order valence-electron chi connectivity index (χ1n) is 9.60. The van der Waals surface area contributed by atoms with Crippen LogP contribution in [0.15, 0.2) is 53.1 Å². The molecule has 2 aliphatic rings. The van der Waals surface area contributed by atoms with Crippen LogP contribution in [0.25, 0.3) is 0 Å². The molecule has 2 heterocycles. The summed E-state index contributed by atoms with van der Waals surface area (Å²) >= 11 is 1.31. The van der Waals surface area contributed by atoms with Gasteiger partial charge in [0.15, 0.2) is 5.76 Å². The Balaban J connectivity index is 1.84. The minimum atomic E-state index is -0.638. The molecule has 146 valence electrons. The Morgan fingerprint density at radius 3 is 2.57 bits per heavy atom. The molecule has 1 atom stereocenters. The summed E-state index contributed by atoms with van der Waals surface area (Å²) in [5, 5.41) is 12.6. The number of amides is 1. The highest BCUT2D eigenvalue weighted by Gasteiger charge is 2.47. The lowest BCUT2D eigenvalue weighted by Crippen LogP contribution is -2.41. The molecule has 6 heteroatoms. The molecule has 0 radical (unpaired) electrons. The van der Waals surface area contributed by atoms with E-state index in [9.17, 15) is 14.7 Å². The van der Waals surface area contributed by atoms with Gasteiger partial charge < -0.3 is 14.7 Å². The summed E-state index contributed by atoms with van der Waals surface area (Å²) in [6, 6.07) is 10.3. The van der Waals surface area contributed by atoms with Gasteiger partial charge in [0.2, 0.25) is 5.78 Å². The van der Waals surface area contributed by atoms with Crippen molar-refractivity contribution in [2.45, 2.75) is 44.2 Å². The van der Waals surface area contributed by atoms with Crippen molar-refractivity contribution in [1.82, 2.24) is 4.90 Å². The summed E-state index contributed by atoms with van der Waals surface area (Å²) in [5.74, 6) is -0.579. The van der Waals surface area contributed by atoms with Gasteiger partial charge in [-0.05, 0) is 30.4 Å². The number of carbonyl (C=O) groups is 2. The standard InChI is InChI=1S/C22H23NO4S/c1-27-16-11-6-5-10-15(16)19-18(20(24)17-12-7-13-28-17)21(25)22(26)23(19)14-8-3-2-4-9-14/h5-7,10-14,19,25H,2-4,8-9H2,1H3. The molecule has 1 saturated carbocycles. The molecule has 1 unspecified atom stereocenters. The Kier molecular flexibility index (Phi) is 5.22. The number of rotatable bonds is 5. The van der Waals surface area contributed by atoms with Crippen LogP contribution in [0.3, 0.4) is 0 Å². The van der Waals surface area contributed by atoms with Crippen molar-refractivity contribution in [3.63, 3.8) is 0 Å². The van der Waals surface area contributed by atoms with Crippen LogP contribution < -0.4 is 4.74 Å². The number of methoxy groups -OCH3 is 1. The predicted octanol–water partition coefficient (Wildman–Crippen LogP) is 4.67. The van der Waals surface area contributed by atoms with Crippen LogP contribution in [0.2, 0.25) is 0 Å². The van der Waals surface area contributed by atoms with Crippen LogP contribution in [-0.4, -0.2) is 34.8 Å². The topological polar surface area (TPSA) is 66.8 Å². The number of thiophene rings is 1. The fourth-order valence-electron chi connectivity index (χ4n) is 4.33. The molecule has 28 heavy (non-hydrogen) atoms. The van der Waals surface area contributed by atoms with Crippen molar-refractivity contribution in [2.75, 3.05) is 7.11 Å². The van der Waals surface area contributed by atoms with Crippen LogP contribution in [0.1, 0.15) is 53.4 Å². The zero-order chi connectivity index (χ0) is 19.7. The van der Waals surface area contributed by atoms with E-state index < -0.39 is 17.7 Å². The number of hydrogen-bond acceptors (Lipinski definition) is 5. The Hall–Kier alpha value is -2.60. The van der Waals surface area contributed by atoms with Crippen LogP contribution in [0, 0.1) is 0 Å². The molecule has 1 fully saturated rings. The zero-order valence-electron chi connectivity index (χ0n) is 15.8. The quantitative estimate of drug-likeness (QED) is 0.745. The van der Waals surface area contributed by atoms with E-state index in [1.807, 2.05) is 29.6 Å². The second kappa shape index (κ2) is 7.80. The Labute approximate surface area is 168 Å².